The standard InChI is InChI=1S/C13H18N2O5S/c1-10-4-3-5-11(15(17)18)12(10)21(19,20)14-8-6-13(2,16)7-9-14/h3-5,16H,6-9H2,1-2H3. The van der Waals surface area contributed by atoms with Crippen LogP contribution < -0.4 is 0 Å². The van der Waals surface area contributed by atoms with Gasteiger partial charge in [0.25, 0.3) is 5.69 Å². The molecule has 0 spiro atoms. The van der Waals surface area contributed by atoms with Gasteiger partial charge in [-0.2, -0.15) is 4.31 Å². The average molecular weight is 314 g/mol. The summed E-state index contributed by atoms with van der Waals surface area (Å²) in [5.41, 5.74) is -0.946. The zero-order valence-corrected chi connectivity index (χ0v) is 12.8. The van der Waals surface area contributed by atoms with Gasteiger partial charge in [0.2, 0.25) is 10.0 Å². The summed E-state index contributed by atoms with van der Waals surface area (Å²) in [5, 5.41) is 21.0. The highest BCUT2D eigenvalue weighted by Crippen LogP contribution is 2.32. The molecule has 0 saturated carbocycles. The molecule has 1 aromatic rings. The molecule has 1 heterocycles. The van der Waals surface area contributed by atoms with Crippen LogP contribution >= 0.6 is 0 Å². The van der Waals surface area contributed by atoms with Gasteiger partial charge in [0.1, 0.15) is 0 Å². The van der Waals surface area contributed by atoms with Gasteiger partial charge in [-0.1, -0.05) is 12.1 Å². The van der Waals surface area contributed by atoms with Gasteiger partial charge in [0.05, 0.1) is 10.5 Å². The monoisotopic (exact) mass is 314 g/mol. The van der Waals surface area contributed by atoms with E-state index in [1.165, 1.54) is 16.4 Å². The Hall–Kier alpha value is -1.51. The molecule has 1 aliphatic heterocycles. The molecule has 0 amide bonds. The lowest BCUT2D eigenvalue weighted by molar-refractivity contribution is -0.387. The van der Waals surface area contributed by atoms with E-state index in [0.717, 1.165) is 0 Å². The summed E-state index contributed by atoms with van der Waals surface area (Å²) in [5.74, 6) is 0. The Bertz CT molecular complexity index is 659. The van der Waals surface area contributed by atoms with E-state index in [9.17, 15) is 23.6 Å². The third-order valence-corrected chi connectivity index (χ3v) is 5.88. The minimum absolute atomic E-state index is 0.154. The third-order valence-electron chi connectivity index (χ3n) is 3.79. The van der Waals surface area contributed by atoms with Crippen LogP contribution in [0.2, 0.25) is 0 Å². The molecule has 0 aliphatic carbocycles. The number of nitrogens with zero attached hydrogens (tertiary/aromatic N) is 2. The molecule has 1 aromatic carbocycles. The molecule has 1 N–H and O–H groups in total. The Morgan fingerprint density at radius 2 is 1.90 bits per heavy atom. The summed E-state index contributed by atoms with van der Waals surface area (Å²) in [6, 6.07) is 4.20. The molecular weight excluding hydrogens is 296 g/mol. The van der Waals surface area contributed by atoms with E-state index < -0.39 is 26.2 Å². The minimum atomic E-state index is -3.94. The molecule has 8 heteroatoms. The first-order chi connectivity index (χ1) is 9.65. The molecular formula is C13H18N2O5S. The van der Waals surface area contributed by atoms with Crippen LogP contribution in [0.3, 0.4) is 0 Å². The van der Waals surface area contributed by atoms with Crippen LogP contribution in [0, 0.1) is 17.0 Å². The molecule has 1 saturated heterocycles. The van der Waals surface area contributed by atoms with Crippen molar-refractivity contribution < 1.29 is 18.4 Å². The van der Waals surface area contributed by atoms with E-state index in [2.05, 4.69) is 0 Å². The Morgan fingerprint density at radius 3 is 2.43 bits per heavy atom. The molecule has 0 aromatic heterocycles. The van der Waals surface area contributed by atoms with Crippen molar-refractivity contribution in [3.63, 3.8) is 0 Å². The number of hydrogen-bond acceptors (Lipinski definition) is 5. The van der Waals surface area contributed by atoms with E-state index in [1.54, 1.807) is 19.9 Å². The molecule has 2 rings (SSSR count). The fourth-order valence-electron chi connectivity index (χ4n) is 2.45. The summed E-state index contributed by atoms with van der Waals surface area (Å²) < 4.78 is 26.6. The van der Waals surface area contributed by atoms with E-state index in [-0.39, 0.29) is 18.0 Å². The lowest BCUT2D eigenvalue weighted by Gasteiger charge is -2.35. The van der Waals surface area contributed by atoms with Crippen molar-refractivity contribution in [2.45, 2.75) is 37.2 Å². The number of piperidine rings is 1. The first-order valence-electron chi connectivity index (χ1n) is 6.62. The zero-order chi connectivity index (χ0) is 15.8. The fourth-order valence-corrected chi connectivity index (χ4v) is 4.26. The highest BCUT2D eigenvalue weighted by atomic mass is 32.2. The number of benzene rings is 1. The van der Waals surface area contributed by atoms with Crippen LogP contribution in [-0.4, -0.2) is 41.4 Å². The summed E-state index contributed by atoms with van der Waals surface area (Å²) in [4.78, 5) is 10.2. The summed E-state index contributed by atoms with van der Waals surface area (Å²) in [6.07, 6.45) is 0.623. The van der Waals surface area contributed by atoms with Crippen molar-refractivity contribution in [1.82, 2.24) is 4.31 Å². The van der Waals surface area contributed by atoms with Gasteiger partial charge in [0.15, 0.2) is 4.90 Å². The highest BCUT2D eigenvalue weighted by molar-refractivity contribution is 7.89. The van der Waals surface area contributed by atoms with Gasteiger partial charge in [-0.3, -0.25) is 10.1 Å². The number of rotatable bonds is 3. The Labute approximate surface area is 123 Å². The van der Waals surface area contributed by atoms with Crippen LogP contribution in [0.4, 0.5) is 5.69 Å². The lowest BCUT2D eigenvalue weighted by atomic mass is 9.95. The molecule has 1 fully saturated rings. The largest absolute Gasteiger partial charge is 0.390 e. The molecule has 0 bridgehead atoms. The number of nitro benzene ring substituents is 1. The molecule has 7 nitrogen and oxygen atoms in total. The maximum absolute atomic E-state index is 12.7. The first kappa shape index (κ1) is 15.9. The Morgan fingerprint density at radius 1 is 1.33 bits per heavy atom. The van der Waals surface area contributed by atoms with Crippen LogP contribution in [0.25, 0.3) is 0 Å². The second-order valence-corrected chi connectivity index (χ2v) is 7.46. The summed E-state index contributed by atoms with van der Waals surface area (Å²) >= 11 is 0. The zero-order valence-electron chi connectivity index (χ0n) is 11.9. The van der Waals surface area contributed by atoms with Crippen molar-refractivity contribution in [2.75, 3.05) is 13.1 Å². The number of aliphatic hydroxyl groups is 1. The maximum atomic E-state index is 12.7. The molecule has 0 unspecified atom stereocenters. The lowest BCUT2D eigenvalue weighted by Crippen LogP contribution is -2.45. The minimum Gasteiger partial charge on any atom is -0.390 e. The number of nitro groups is 1. The Kier molecular flexibility index (Phi) is 4.05. The predicted molar refractivity (Wildman–Crippen MR) is 76.5 cm³/mol. The van der Waals surface area contributed by atoms with Crippen molar-refractivity contribution >= 4 is 15.7 Å². The van der Waals surface area contributed by atoms with E-state index in [1.807, 2.05) is 0 Å². The molecule has 1 aliphatic rings. The van der Waals surface area contributed by atoms with Crippen LogP contribution in [0.1, 0.15) is 25.3 Å². The second kappa shape index (κ2) is 5.36. The number of sulfonamides is 1. The summed E-state index contributed by atoms with van der Waals surface area (Å²) in [6.45, 7) is 3.51. The molecule has 0 atom stereocenters. The summed E-state index contributed by atoms with van der Waals surface area (Å²) in [7, 11) is -3.94. The van der Waals surface area contributed by atoms with Gasteiger partial charge in [-0.05, 0) is 32.3 Å². The van der Waals surface area contributed by atoms with Crippen molar-refractivity contribution in [3.8, 4) is 0 Å². The SMILES string of the molecule is Cc1cccc([N+](=O)[O-])c1S(=O)(=O)N1CCC(C)(O)CC1. The highest BCUT2D eigenvalue weighted by Gasteiger charge is 2.37. The van der Waals surface area contributed by atoms with Gasteiger partial charge in [-0.15, -0.1) is 0 Å². The topological polar surface area (TPSA) is 101 Å². The number of hydrogen-bond donors (Lipinski definition) is 1. The maximum Gasteiger partial charge on any atom is 0.289 e. The second-order valence-electron chi connectivity index (χ2n) is 5.58. The van der Waals surface area contributed by atoms with E-state index in [4.69, 9.17) is 0 Å². The normalized spacial score (nSPS) is 19.4. The smallest absolute Gasteiger partial charge is 0.289 e. The van der Waals surface area contributed by atoms with Crippen molar-refractivity contribution in [3.05, 3.63) is 33.9 Å². The molecule has 0 radical (unpaired) electrons. The predicted octanol–water partition coefficient (Wildman–Crippen LogP) is 1.44. The first-order valence-corrected chi connectivity index (χ1v) is 8.06. The quantitative estimate of drug-likeness (QED) is 0.672. The third kappa shape index (κ3) is 3.07. The van der Waals surface area contributed by atoms with E-state index in [0.29, 0.717) is 18.4 Å². The van der Waals surface area contributed by atoms with Crippen LogP contribution in [0.15, 0.2) is 23.1 Å². The Balaban J connectivity index is 2.44. The van der Waals surface area contributed by atoms with Crippen molar-refractivity contribution in [1.29, 1.82) is 0 Å². The van der Waals surface area contributed by atoms with Gasteiger partial charge < -0.3 is 5.11 Å². The fraction of sp³-hybridized carbons (Fsp3) is 0.538. The average Bonchev–Trinajstić information content (AvgIpc) is 2.37. The molecule has 21 heavy (non-hydrogen) atoms. The molecule has 116 valence electrons. The number of aryl methyl sites for hydroxylation is 1. The van der Waals surface area contributed by atoms with Crippen LogP contribution in [-0.2, 0) is 10.0 Å². The van der Waals surface area contributed by atoms with Gasteiger partial charge >= 0.3 is 0 Å². The van der Waals surface area contributed by atoms with E-state index >= 15 is 0 Å². The van der Waals surface area contributed by atoms with Gasteiger partial charge in [-0.25, -0.2) is 8.42 Å². The van der Waals surface area contributed by atoms with Crippen LogP contribution in [0.5, 0.6) is 0 Å². The van der Waals surface area contributed by atoms with Gasteiger partial charge in [0, 0.05) is 19.2 Å². The van der Waals surface area contributed by atoms with Crippen molar-refractivity contribution in [2.24, 2.45) is 0 Å².